The molecule has 0 radical (unpaired) electrons. The molecular weight excluding hydrogens is 299 g/mol. The topological polar surface area (TPSA) is 79.3 Å². The van der Waals surface area contributed by atoms with Gasteiger partial charge in [-0.15, -0.1) is 0 Å². The van der Waals surface area contributed by atoms with Crippen molar-refractivity contribution in [3.63, 3.8) is 0 Å². The lowest BCUT2D eigenvalue weighted by Gasteiger charge is -2.17. The third kappa shape index (κ3) is 6.08. The van der Waals surface area contributed by atoms with Gasteiger partial charge in [-0.25, -0.2) is 9.37 Å². The number of aromatic nitrogens is 1. The molecule has 7 heteroatoms. The molecule has 1 unspecified atom stereocenters. The molecule has 1 aromatic rings. The van der Waals surface area contributed by atoms with Crippen LogP contribution in [-0.4, -0.2) is 28.5 Å². The fraction of sp³-hybridized carbons (Fsp3) is 0.500. The second-order valence-corrected chi connectivity index (χ2v) is 5.65. The predicted octanol–water partition coefficient (Wildman–Crippen LogP) is 2.74. The van der Waals surface area contributed by atoms with Crippen molar-refractivity contribution in [2.24, 2.45) is 11.8 Å². The van der Waals surface area contributed by atoms with E-state index in [4.69, 9.17) is 16.7 Å². The normalized spacial score (nSPS) is 12.2. The Morgan fingerprint density at radius 1 is 1.48 bits per heavy atom. The Kier molecular flexibility index (Phi) is 6.55. The van der Waals surface area contributed by atoms with E-state index in [-0.39, 0.29) is 29.6 Å². The number of nitrogens with zero attached hydrogens (tertiary/aromatic N) is 1. The van der Waals surface area contributed by atoms with Crippen LogP contribution in [-0.2, 0) is 4.79 Å². The minimum Gasteiger partial charge on any atom is -0.481 e. The number of carboxylic acids is 1. The van der Waals surface area contributed by atoms with Gasteiger partial charge in [0.25, 0.3) is 5.91 Å². The number of pyridine rings is 1. The Bertz CT molecular complexity index is 523. The number of halogens is 2. The van der Waals surface area contributed by atoms with Crippen LogP contribution < -0.4 is 5.32 Å². The number of aliphatic carboxylic acids is 1. The van der Waals surface area contributed by atoms with Crippen LogP contribution in [0.25, 0.3) is 0 Å². The summed E-state index contributed by atoms with van der Waals surface area (Å²) in [7, 11) is 0. The van der Waals surface area contributed by atoms with Crippen molar-refractivity contribution in [1.82, 2.24) is 10.3 Å². The second-order valence-electron chi connectivity index (χ2n) is 5.30. The first-order valence-electron chi connectivity index (χ1n) is 6.60. The molecular formula is C14H18ClFN2O3. The van der Waals surface area contributed by atoms with Crippen molar-refractivity contribution >= 4 is 23.5 Å². The molecule has 0 aliphatic heterocycles. The summed E-state index contributed by atoms with van der Waals surface area (Å²) in [5.41, 5.74) is -0.0599. The molecule has 0 saturated carbocycles. The maximum Gasteiger partial charge on any atom is 0.303 e. The van der Waals surface area contributed by atoms with Crippen LogP contribution in [0.2, 0.25) is 5.15 Å². The first-order valence-corrected chi connectivity index (χ1v) is 6.98. The van der Waals surface area contributed by atoms with E-state index >= 15 is 0 Å². The van der Waals surface area contributed by atoms with Crippen molar-refractivity contribution in [2.75, 3.05) is 6.54 Å². The Morgan fingerprint density at radius 3 is 2.71 bits per heavy atom. The zero-order valence-electron chi connectivity index (χ0n) is 11.9. The fourth-order valence-corrected chi connectivity index (χ4v) is 2.26. The van der Waals surface area contributed by atoms with Gasteiger partial charge < -0.3 is 10.4 Å². The molecule has 2 N–H and O–H groups in total. The van der Waals surface area contributed by atoms with E-state index in [9.17, 15) is 14.0 Å². The number of carboxylic acid groups (broad SMARTS) is 1. The highest BCUT2D eigenvalue weighted by Crippen LogP contribution is 2.16. The molecule has 0 spiro atoms. The van der Waals surface area contributed by atoms with Gasteiger partial charge in [0.05, 0.1) is 11.8 Å². The number of nitrogens with one attached hydrogen (secondary N) is 1. The molecule has 1 atom stereocenters. The van der Waals surface area contributed by atoms with Gasteiger partial charge in [-0.3, -0.25) is 9.59 Å². The van der Waals surface area contributed by atoms with E-state index in [0.717, 1.165) is 12.3 Å². The first-order chi connectivity index (χ1) is 9.79. The van der Waals surface area contributed by atoms with Crippen molar-refractivity contribution < 1.29 is 19.1 Å². The zero-order chi connectivity index (χ0) is 16.0. The summed E-state index contributed by atoms with van der Waals surface area (Å²) in [5, 5.41) is 11.4. The van der Waals surface area contributed by atoms with Gasteiger partial charge >= 0.3 is 5.97 Å². The van der Waals surface area contributed by atoms with Crippen LogP contribution in [0.1, 0.15) is 37.0 Å². The molecule has 116 valence electrons. The lowest BCUT2D eigenvalue weighted by atomic mass is 9.94. The molecule has 0 bridgehead atoms. The van der Waals surface area contributed by atoms with Crippen LogP contribution in [0, 0.1) is 17.7 Å². The van der Waals surface area contributed by atoms with Gasteiger partial charge in [-0.05, 0) is 24.3 Å². The minimum absolute atomic E-state index is 0.0341. The van der Waals surface area contributed by atoms with Gasteiger partial charge in [0.1, 0.15) is 11.0 Å². The fourth-order valence-electron chi connectivity index (χ4n) is 2.07. The number of rotatable bonds is 7. The highest BCUT2D eigenvalue weighted by molar-refractivity contribution is 6.32. The second kappa shape index (κ2) is 7.93. The van der Waals surface area contributed by atoms with E-state index in [1.165, 1.54) is 0 Å². The third-order valence-corrected chi connectivity index (χ3v) is 3.17. The Labute approximate surface area is 127 Å². The highest BCUT2D eigenvalue weighted by Gasteiger charge is 2.18. The first kappa shape index (κ1) is 17.4. The molecule has 1 amide bonds. The standard InChI is InChI=1S/C14H18ClFN2O3/c1-8(2)3-9(4-12(19)20)6-18-14(21)11-5-10(16)7-17-13(11)15/h5,7-9H,3-4,6H2,1-2H3,(H,18,21)(H,19,20). The minimum atomic E-state index is -0.916. The van der Waals surface area contributed by atoms with E-state index in [1.807, 2.05) is 13.8 Å². The summed E-state index contributed by atoms with van der Waals surface area (Å²) in [6.07, 6.45) is 1.56. The van der Waals surface area contributed by atoms with Crippen LogP contribution >= 0.6 is 11.6 Å². The van der Waals surface area contributed by atoms with Gasteiger partial charge in [-0.2, -0.15) is 0 Å². The van der Waals surface area contributed by atoms with Gasteiger partial charge in [0.2, 0.25) is 0 Å². The Morgan fingerprint density at radius 2 is 2.14 bits per heavy atom. The maximum absolute atomic E-state index is 13.1. The number of amides is 1. The number of hydrogen-bond donors (Lipinski definition) is 2. The molecule has 0 aliphatic rings. The van der Waals surface area contributed by atoms with Gasteiger partial charge in [0.15, 0.2) is 0 Å². The van der Waals surface area contributed by atoms with Crippen molar-refractivity contribution in [1.29, 1.82) is 0 Å². The molecule has 1 rings (SSSR count). The highest BCUT2D eigenvalue weighted by atomic mass is 35.5. The quantitative estimate of drug-likeness (QED) is 0.758. The van der Waals surface area contributed by atoms with Gasteiger partial charge in [-0.1, -0.05) is 25.4 Å². The third-order valence-electron chi connectivity index (χ3n) is 2.87. The molecule has 0 saturated heterocycles. The average molecular weight is 317 g/mol. The van der Waals surface area contributed by atoms with Crippen LogP contribution in [0.5, 0.6) is 0 Å². The summed E-state index contributed by atoms with van der Waals surface area (Å²) in [6, 6.07) is 0.999. The van der Waals surface area contributed by atoms with Crippen molar-refractivity contribution in [2.45, 2.75) is 26.7 Å². The largest absolute Gasteiger partial charge is 0.481 e. The smallest absolute Gasteiger partial charge is 0.303 e. The van der Waals surface area contributed by atoms with Crippen molar-refractivity contribution in [3.05, 3.63) is 28.8 Å². The molecule has 1 aromatic heterocycles. The maximum atomic E-state index is 13.1. The predicted molar refractivity (Wildman–Crippen MR) is 76.7 cm³/mol. The van der Waals surface area contributed by atoms with Crippen LogP contribution in [0.3, 0.4) is 0 Å². The Hall–Kier alpha value is -1.69. The average Bonchev–Trinajstić information content (AvgIpc) is 2.37. The summed E-state index contributed by atoms with van der Waals surface area (Å²) in [4.78, 5) is 26.3. The molecule has 5 nitrogen and oxygen atoms in total. The molecule has 1 heterocycles. The van der Waals surface area contributed by atoms with Crippen LogP contribution in [0.4, 0.5) is 4.39 Å². The molecule has 0 aromatic carbocycles. The number of hydrogen-bond acceptors (Lipinski definition) is 3. The lowest BCUT2D eigenvalue weighted by Crippen LogP contribution is -2.31. The SMILES string of the molecule is CC(C)CC(CNC(=O)c1cc(F)cnc1Cl)CC(=O)O. The Balaban J connectivity index is 2.68. The number of carbonyl (C=O) groups excluding carboxylic acids is 1. The summed E-state index contributed by atoms with van der Waals surface area (Å²) < 4.78 is 13.1. The monoisotopic (exact) mass is 316 g/mol. The lowest BCUT2D eigenvalue weighted by molar-refractivity contribution is -0.138. The molecule has 0 aliphatic carbocycles. The number of carbonyl (C=O) groups is 2. The summed E-state index contributed by atoms with van der Waals surface area (Å²) in [6.45, 7) is 4.14. The summed E-state index contributed by atoms with van der Waals surface area (Å²) >= 11 is 5.74. The van der Waals surface area contributed by atoms with Crippen molar-refractivity contribution in [3.8, 4) is 0 Å². The zero-order valence-corrected chi connectivity index (χ0v) is 12.7. The molecule has 21 heavy (non-hydrogen) atoms. The van der Waals surface area contributed by atoms with Crippen LogP contribution in [0.15, 0.2) is 12.3 Å². The van der Waals surface area contributed by atoms with E-state index in [0.29, 0.717) is 12.3 Å². The van der Waals surface area contributed by atoms with E-state index in [2.05, 4.69) is 10.3 Å². The van der Waals surface area contributed by atoms with E-state index in [1.54, 1.807) is 0 Å². The van der Waals surface area contributed by atoms with Gasteiger partial charge in [0, 0.05) is 13.0 Å². The molecule has 0 fully saturated rings. The summed E-state index contributed by atoms with van der Waals surface area (Å²) in [5.74, 6) is -2.02. The van der Waals surface area contributed by atoms with E-state index < -0.39 is 17.7 Å².